The molecule has 0 unspecified atom stereocenters. The van der Waals surface area contributed by atoms with Crippen molar-refractivity contribution in [3.63, 3.8) is 0 Å². The highest BCUT2D eigenvalue weighted by atomic mass is 16.7. The number of benzene rings is 2. The quantitative estimate of drug-likeness (QED) is 0.417. The van der Waals surface area contributed by atoms with E-state index in [1.807, 2.05) is 42.5 Å². The summed E-state index contributed by atoms with van der Waals surface area (Å²) in [6, 6.07) is 13.3. The number of aromatic nitrogens is 3. The van der Waals surface area contributed by atoms with Gasteiger partial charge in [0, 0.05) is 25.4 Å². The molecule has 1 aliphatic rings. The minimum absolute atomic E-state index is 0.147. The Bertz CT molecular complexity index is 1370. The average Bonchev–Trinajstić information content (AvgIpc) is 3.53. The van der Waals surface area contributed by atoms with E-state index in [-0.39, 0.29) is 12.7 Å². The number of nitrogens with zero attached hydrogens (tertiary/aromatic N) is 4. The molecule has 0 saturated carbocycles. The van der Waals surface area contributed by atoms with Crippen LogP contribution in [0.5, 0.6) is 23.0 Å². The lowest BCUT2D eigenvalue weighted by Crippen LogP contribution is -2.28. The van der Waals surface area contributed by atoms with Gasteiger partial charge in [0.25, 0.3) is 5.91 Å². The number of likely N-dealkylation sites (N-methyl/N-ethyl adjacent to an activating group) is 1. The lowest BCUT2D eigenvalue weighted by atomic mass is 10.1. The second kappa shape index (κ2) is 8.93. The van der Waals surface area contributed by atoms with Crippen molar-refractivity contribution < 1.29 is 23.7 Å². The molecule has 2 aromatic heterocycles. The molecule has 0 spiro atoms. The molecule has 0 aliphatic carbocycles. The van der Waals surface area contributed by atoms with E-state index in [4.69, 9.17) is 18.9 Å². The molecule has 0 N–H and O–H groups in total. The predicted molar refractivity (Wildman–Crippen MR) is 125 cm³/mol. The Morgan fingerprint density at radius 2 is 1.88 bits per heavy atom. The van der Waals surface area contributed by atoms with E-state index in [9.17, 15) is 4.79 Å². The smallest absolute Gasteiger partial charge is 0.259 e. The highest BCUT2D eigenvalue weighted by Crippen LogP contribution is 2.36. The molecule has 0 atom stereocenters. The number of ether oxygens (including phenoxy) is 4. The Labute approximate surface area is 196 Å². The molecular weight excluding hydrogens is 436 g/mol. The molecule has 5 rings (SSSR count). The average molecular weight is 460 g/mol. The monoisotopic (exact) mass is 460 g/mol. The fourth-order valence-corrected chi connectivity index (χ4v) is 3.96. The Balaban J connectivity index is 1.36. The highest BCUT2D eigenvalue weighted by Gasteiger charge is 2.21. The largest absolute Gasteiger partial charge is 0.493 e. The molecule has 9 nitrogen and oxygen atoms in total. The van der Waals surface area contributed by atoms with Crippen molar-refractivity contribution in [1.29, 1.82) is 0 Å². The number of methoxy groups -OCH3 is 2. The van der Waals surface area contributed by atoms with Crippen molar-refractivity contribution in [3.8, 4) is 34.3 Å². The molecule has 9 heteroatoms. The van der Waals surface area contributed by atoms with Gasteiger partial charge in [-0.25, -0.2) is 9.50 Å². The van der Waals surface area contributed by atoms with E-state index < -0.39 is 0 Å². The van der Waals surface area contributed by atoms with Crippen LogP contribution in [0, 0.1) is 0 Å². The number of carbonyl (C=O) groups is 1. The second-order valence-corrected chi connectivity index (χ2v) is 7.86. The highest BCUT2D eigenvalue weighted by molar-refractivity contribution is 5.99. The number of carbonyl (C=O) groups excluding carboxylic acids is 1. The summed E-state index contributed by atoms with van der Waals surface area (Å²) < 4.78 is 23.2. The van der Waals surface area contributed by atoms with Gasteiger partial charge in [-0.1, -0.05) is 6.07 Å². The summed E-state index contributed by atoms with van der Waals surface area (Å²) in [4.78, 5) is 19.3. The first-order valence-electron chi connectivity index (χ1n) is 10.8. The van der Waals surface area contributed by atoms with Crippen LogP contribution >= 0.6 is 0 Å². The zero-order chi connectivity index (χ0) is 23.7. The van der Waals surface area contributed by atoms with Gasteiger partial charge < -0.3 is 23.8 Å². The molecular formula is C25H24N4O5. The number of hydrogen-bond donors (Lipinski definition) is 0. The van der Waals surface area contributed by atoms with Crippen LogP contribution in [0.1, 0.15) is 15.9 Å². The topological polar surface area (TPSA) is 87.4 Å². The first-order chi connectivity index (χ1) is 16.6. The number of fused-ring (bicyclic) bond motifs is 2. The van der Waals surface area contributed by atoms with Crippen LogP contribution < -0.4 is 18.9 Å². The number of amides is 1. The lowest BCUT2D eigenvalue weighted by Gasteiger charge is -2.17. The van der Waals surface area contributed by atoms with E-state index in [0.717, 1.165) is 16.8 Å². The maximum atomic E-state index is 13.2. The molecule has 3 heterocycles. The van der Waals surface area contributed by atoms with Gasteiger partial charge in [0.2, 0.25) is 6.79 Å². The first kappa shape index (κ1) is 21.6. The molecule has 1 aliphatic heterocycles. The van der Waals surface area contributed by atoms with Gasteiger partial charge in [0.1, 0.15) is 5.56 Å². The van der Waals surface area contributed by atoms with Crippen LogP contribution in [0.15, 0.2) is 54.9 Å². The van der Waals surface area contributed by atoms with Crippen LogP contribution in [-0.2, 0) is 6.42 Å². The summed E-state index contributed by atoms with van der Waals surface area (Å²) in [6.45, 7) is 0.730. The summed E-state index contributed by atoms with van der Waals surface area (Å²) in [5.74, 6) is 2.58. The van der Waals surface area contributed by atoms with Crippen molar-refractivity contribution in [2.45, 2.75) is 6.42 Å². The van der Waals surface area contributed by atoms with E-state index in [1.54, 1.807) is 43.1 Å². The van der Waals surface area contributed by atoms with Crippen LogP contribution in [0.25, 0.3) is 16.9 Å². The zero-order valence-corrected chi connectivity index (χ0v) is 19.1. The van der Waals surface area contributed by atoms with Crippen molar-refractivity contribution in [2.75, 3.05) is 34.6 Å². The Hall–Kier alpha value is -4.27. The Morgan fingerprint density at radius 1 is 1.06 bits per heavy atom. The van der Waals surface area contributed by atoms with Gasteiger partial charge in [-0.15, -0.1) is 0 Å². The molecule has 0 fully saturated rings. The second-order valence-electron chi connectivity index (χ2n) is 7.86. The minimum Gasteiger partial charge on any atom is -0.493 e. The van der Waals surface area contributed by atoms with Gasteiger partial charge in [0.15, 0.2) is 28.6 Å². The van der Waals surface area contributed by atoms with Crippen LogP contribution in [-0.4, -0.2) is 60.0 Å². The molecule has 0 bridgehead atoms. The molecule has 4 aromatic rings. The summed E-state index contributed by atoms with van der Waals surface area (Å²) in [5.41, 5.74) is 3.67. The standard InChI is InChI=1S/C25H24N4O5/c1-28(11-9-16-4-6-20(31-2)22(12-16)32-3)25(30)18-14-27-29-19(8-10-26-24(18)29)17-5-7-21-23(13-17)34-15-33-21/h4-8,10,12-14H,9,11,15H2,1-3H3. The Kier molecular flexibility index (Phi) is 5.67. The maximum absolute atomic E-state index is 13.2. The first-order valence-corrected chi connectivity index (χ1v) is 10.8. The molecule has 0 radical (unpaired) electrons. The Morgan fingerprint density at radius 3 is 2.71 bits per heavy atom. The van der Waals surface area contributed by atoms with Crippen LogP contribution in [0.2, 0.25) is 0 Å². The SMILES string of the molecule is COc1ccc(CCN(C)C(=O)c2cnn3c(-c4ccc5c(c4)OCO5)ccnc23)cc1OC. The van der Waals surface area contributed by atoms with E-state index in [2.05, 4.69) is 10.1 Å². The van der Waals surface area contributed by atoms with Crippen molar-refractivity contribution in [1.82, 2.24) is 19.5 Å². The summed E-state index contributed by atoms with van der Waals surface area (Å²) in [7, 11) is 4.98. The van der Waals surface area contributed by atoms with Gasteiger partial charge in [-0.05, 0) is 48.4 Å². The molecule has 34 heavy (non-hydrogen) atoms. The van der Waals surface area contributed by atoms with Crippen molar-refractivity contribution in [3.05, 3.63) is 66.0 Å². The van der Waals surface area contributed by atoms with Crippen molar-refractivity contribution in [2.24, 2.45) is 0 Å². The molecule has 1 amide bonds. The fraction of sp³-hybridized carbons (Fsp3) is 0.240. The minimum atomic E-state index is -0.147. The third-order valence-corrected chi connectivity index (χ3v) is 5.83. The number of hydrogen-bond acceptors (Lipinski definition) is 7. The van der Waals surface area contributed by atoms with Gasteiger partial charge >= 0.3 is 0 Å². The van der Waals surface area contributed by atoms with E-state index in [0.29, 0.717) is 47.2 Å². The predicted octanol–water partition coefficient (Wildman–Crippen LogP) is 3.46. The molecule has 2 aromatic carbocycles. The third-order valence-electron chi connectivity index (χ3n) is 5.83. The number of rotatable bonds is 7. The van der Waals surface area contributed by atoms with E-state index in [1.165, 1.54) is 0 Å². The fourth-order valence-electron chi connectivity index (χ4n) is 3.96. The normalized spacial score (nSPS) is 12.1. The van der Waals surface area contributed by atoms with Crippen molar-refractivity contribution >= 4 is 11.6 Å². The van der Waals surface area contributed by atoms with Gasteiger partial charge in [0.05, 0.1) is 26.1 Å². The summed E-state index contributed by atoms with van der Waals surface area (Å²) in [5, 5.41) is 4.46. The zero-order valence-electron chi connectivity index (χ0n) is 19.1. The summed E-state index contributed by atoms with van der Waals surface area (Å²) >= 11 is 0. The van der Waals surface area contributed by atoms with Crippen LogP contribution in [0.3, 0.4) is 0 Å². The molecule has 0 saturated heterocycles. The van der Waals surface area contributed by atoms with Gasteiger partial charge in [-0.2, -0.15) is 5.10 Å². The summed E-state index contributed by atoms with van der Waals surface area (Å²) in [6.07, 6.45) is 3.91. The van der Waals surface area contributed by atoms with E-state index >= 15 is 0 Å². The third kappa shape index (κ3) is 3.85. The van der Waals surface area contributed by atoms with Gasteiger partial charge in [-0.3, -0.25) is 4.79 Å². The maximum Gasteiger partial charge on any atom is 0.259 e. The molecule has 174 valence electrons. The lowest BCUT2D eigenvalue weighted by molar-refractivity contribution is 0.0798. The van der Waals surface area contributed by atoms with Crippen LogP contribution in [0.4, 0.5) is 0 Å².